The molecule has 0 aliphatic carbocycles. The van der Waals surface area contributed by atoms with Crippen molar-refractivity contribution in [3.63, 3.8) is 0 Å². The van der Waals surface area contributed by atoms with Gasteiger partial charge in [0.25, 0.3) is 0 Å². The maximum atomic E-state index is 5.34. The molecule has 4 aromatic rings. The smallest absolute Gasteiger partial charge is 0.151 e. The number of aliphatic imine (C=N–C) groups is 4. The molecule has 4 aromatic carbocycles. The number of nitrogens with zero attached hydrogens (tertiary/aromatic N) is 6. The number of rotatable bonds is 0. The van der Waals surface area contributed by atoms with Crippen molar-refractivity contribution < 1.29 is 0 Å². The van der Waals surface area contributed by atoms with Crippen molar-refractivity contribution in [3.05, 3.63) is 142 Å². The second-order valence-electron chi connectivity index (χ2n) is 11.3. The lowest BCUT2D eigenvalue weighted by molar-refractivity contribution is 0.400. The molecule has 0 amide bonds. The Balaban J connectivity index is 1.31. The summed E-state index contributed by atoms with van der Waals surface area (Å²) in [6.07, 6.45) is -0.984. The van der Waals surface area contributed by atoms with Crippen LogP contribution in [0.1, 0.15) is 69.2 Å². The summed E-state index contributed by atoms with van der Waals surface area (Å²) < 4.78 is 0. The van der Waals surface area contributed by atoms with Crippen molar-refractivity contribution in [1.29, 1.82) is 0 Å². The first-order valence-corrected chi connectivity index (χ1v) is 14.3. The number of amidine groups is 4. The molecule has 2 N–H and O–H groups in total. The summed E-state index contributed by atoms with van der Waals surface area (Å²) in [5.74, 6) is 3.50. The molecule has 5 heterocycles. The van der Waals surface area contributed by atoms with Crippen LogP contribution in [0.5, 0.6) is 0 Å². The van der Waals surface area contributed by atoms with Gasteiger partial charge in [0.05, 0.1) is 0 Å². The molecular weight excluding hydrogens is 520 g/mol. The fourth-order valence-electron chi connectivity index (χ4n) is 6.89. The summed E-state index contributed by atoms with van der Waals surface area (Å²) >= 11 is 0. The summed E-state index contributed by atoms with van der Waals surface area (Å²) in [7, 11) is 4.16. The average molecular weight is 549 g/mol. The monoisotopic (exact) mass is 548 g/mol. The normalized spacial score (nSPS) is 24.3. The Morgan fingerprint density at radius 2 is 0.810 bits per heavy atom. The van der Waals surface area contributed by atoms with E-state index in [0.29, 0.717) is 0 Å². The molecule has 0 fully saturated rings. The maximum absolute atomic E-state index is 5.34. The van der Waals surface area contributed by atoms with E-state index in [-0.39, 0.29) is 24.7 Å². The Kier molecular flexibility index (Phi) is 4.82. The van der Waals surface area contributed by atoms with Crippen molar-refractivity contribution in [3.8, 4) is 0 Å². The number of hydrogen-bond donors (Lipinski definition) is 2. The van der Waals surface area contributed by atoms with Crippen molar-refractivity contribution in [2.45, 2.75) is 24.7 Å². The molecule has 0 aromatic heterocycles. The van der Waals surface area contributed by atoms with Gasteiger partial charge in [0, 0.05) is 58.6 Å². The Labute approximate surface area is 243 Å². The van der Waals surface area contributed by atoms with Crippen LogP contribution in [-0.2, 0) is 0 Å². The fraction of sp³-hybridized carbons (Fsp3) is 0.176. The van der Waals surface area contributed by atoms with Crippen LogP contribution >= 0.6 is 0 Å². The Morgan fingerprint density at radius 1 is 0.452 bits per heavy atom. The molecule has 4 atom stereocenters. The summed E-state index contributed by atoms with van der Waals surface area (Å²) in [5.41, 5.74) is 8.85. The average Bonchev–Trinajstić information content (AvgIpc) is 3.71. The Bertz CT molecular complexity index is 1780. The minimum atomic E-state index is -0.269. The second-order valence-corrected chi connectivity index (χ2v) is 11.3. The standard InChI is InChI=1S/C34H28N8/c1-41-31-23-15-7-8-16-24(23)32(41)38-28-20-12-4-6-14-22(20)30(36-28)40-34-26-18-10-9-17-25(26)33(42(34)2)39-29-21-13-5-3-11-19(21)27(35-29)37-31/h3-18,27,30,32-33H,1-2H3,(H,36,38)(H,35,39). The molecule has 4 unspecified atom stereocenters. The van der Waals surface area contributed by atoms with Gasteiger partial charge in [-0.05, 0) is 0 Å². The molecule has 0 spiro atoms. The van der Waals surface area contributed by atoms with E-state index >= 15 is 0 Å². The molecule has 8 heteroatoms. The van der Waals surface area contributed by atoms with Gasteiger partial charge < -0.3 is 20.4 Å². The van der Waals surface area contributed by atoms with Crippen molar-refractivity contribution in [2.24, 2.45) is 20.0 Å². The number of nitrogens with one attached hydrogen (secondary N) is 2. The third-order valence-corrected chi connectivity index (χ3v) is 8.94. The Morgan fingerprint density at radius 3 is 1.24 bits per heavy atom. The lowest BCUT2D eigenvalue weighted by atomic mass is 10.1. The summed E-state index contributed by atoms with van der Waals surface area (Å²) in [6, 6.07) is 33.7. The maximum Gasteiger partial charge on any atom is 0.151 e. The predicted octanol–water partition coefficient (Wildman–Crippen LogP) is 4.88. The zero-order valence-electron chi connectivity index (χ0n) is 23.2. The second kappa shape index (κ2) is 8.63. The highest BCUT2D eigenvalue weighted by molar-refractivity contribution is 6.09. The molecule has 5 aliphatic heterocycles. The van der Waals surface area contributed by atoms with Gasteiger partial charge in [-0.15, -0.1) is 0 Å². The lowest BCUT2D eigenvalue weighted by Crippen LogP contribution is -2.30. The van der Waals surface area contributed by atoms with E-state index in [1.54, 1.807) is 0 Å². The van der Waals surface area contributed by atoms with Crippen LogP contribution < -0.4 is 10.6 Å². The van der Waals surface area contributed by atoms with Crippen LogP contribution in [0.25, 0.3) is 0 Å². The van der Waals surface area contributed by atoms with E-state index in [9.17, 15) is 0 Å². The molecular formula is C34H28N8. The first-order valence-electron chi connectivity index (χ1n) is 14.3. The quantitative estimate of drug-likeness (QED) is 0.328. The molecule has 0 saturated carbocycles. The Hall–Kier alpha value is -5.24. The van der Waals surface area contributed by atoms with Crippen molar-refractivity contribution in [2.75, 3.05) is 14.1 Å². The molecule has 0 saturated heterocycles. The van der Waals surface area contributed by atoms with Crippen LogP contribution in [0, 0.1) is 0 Å². The fourth-order valence-corrected chi connectivity index (χ4v) is 6.89. The third kappa shape index (κ3) is 3.23. The van der Waals surface area contributed by atoms with Crippen molar-refractivity contribution >= 4 is 23.3 Å². The van der Waals surface area contributed by atoms with E-state index in [1.807, 2.05) is 0 Å². The summed E-state index contributed by atoms with van der Waals surface area (Å²) in [5, 5.41) is 7.34. The molecule has 8 bridgehead atoms. The van der Waals surface area contributed by atoms with E-state index in [0.717, 1.165) is 67.9 Å². The molecule has 8 nitrogen and oxygen atoms in total. The summed E-state index contributed by atoms with van der Waals surface area (Å²) in [6.45, 7) is 0. The van der Waals surface area contributed by atoms with Crippen molar-refractivity contribution in [1.82, 2.24) is 20.4 Å². The first kappa shape index (κ1) is 23.5. The molecule has 9 rings (SSSR count). The van der Waals surface area contributed by atoms with E-state index in [1.165, 1.54) is 0 Å². The highest BCUT2D eigenvalue weighted by atomic mass is 15.4. The van der Waals surface area contributed by atoms with Gasteiger partial charge in [-0.25, -0.2) is 20.0 Å². The highest BCUT2D eigenvalue weighted by Gasteiger charge is 2.39. The molecule has 204 valence electrons. The van der Waals surface area contributed by atoms with Crippen LogP contribution in [0.2, 0.25) is 0 Å². The first-order chi connectivity index (χ1) is 20.7. The van der Waals surface area contributed by atoms with Gasteiger partial charge in [-0.2, -0.15) is 0 Å². The molecule has 5 aliphatic rings. The van der Waals surface area contributed by atoms with Gasteiger partial charge in [-0.1, -0.05) is 97.1 Å². The van der Waals surface area contributed by atoms with E-state index < -0.39 is 0 Å². The SMILES string of the molecule is CN1C2=NC3NC(=NC4c5ccccc5C(=NC5NC(=NC1c1ccccc12)c1ccccc15)N4C)c1ccccc13. The summed E-state index contributed by atoms with van der Waals surface area (Å²) in [4.78, 5) is 25.7. The minimum Gasteiger partial charge on any atom is -0.344 e. The van der Waals surface area contributed by atoms with Gasteiger partial charge >= 0.3 is 0 Å². The number of fused-ring (bicyclic) bond motifs is 20. The molecule has 0 radical (unpaired) electrons. The zero-order chi connectivity index (χ0) is 27.9. The third-order valence-electron chi connectivity index (χ3n) is 8.94. The van der Waals surface area contributed by atoms with Gasteiger partial charge in [-0.3, -0.25) is 0 Å². The lowest BCUT2D eigenvalue weighted by Gasteiger charge is -2.23. The van der Waals surface area contributed by atoms with Crippen LogP contribution in [0.3, 0.4) is 0 Å². The topological polar surface area (TPSA) is 80.0 Å². The minimum absolute atomic E-state index is 0.223. The number of hydrogen-bond acceptors (Lipinski definition) is 8. The highest BCUT2D eigenvalue weighted by Crippen LogP contribution is 2.40. The van der Waals surface area contributed by atoms with Crippen LogP contribution in [0.4, 0.5) is 0 Å². The van der Waals surface area contributed by atoms with Crippen LogP contribution in [-0.4, -0.2) is 47.2 Å². The number of benzene rings is 4. The molecule has 42 heavy (non-hydrogen) atoms. The van der Waals surface area contributed by atoms with Gasteiger partial charge in [0.2, 0.25) is 0 Å². The van der Waals surface area contributed by atoms with Gasteiger partial charge in [0.15, 0.2) is 12.3 Å². The predicted molar refractivity (Wildman–Crippen MR) is 165 cm³/mol. The van der Waals surface area contributed by atoms with E-state index in [2.05, 4.69) is 132 Å². The van der Waals surface area contributed by atoms with Gasteiger partial charge in [0.1, 0.15) is 35.7 Å². The van der Waals surface area contributed by atoms with Crippen LogP contribution in [0.15, 0.2) is 117 Å². The zero-order valence-corrected chi connectivity index (χ0v) is 23.2. The largest absolute Gasteiger partial charge is 0.344 e. The van der Waals surface area contributed by atoms with E-state index in [4.69, 9.17) is 20.0 Å².